The molecule has 0 spiro atoms. The Morgan fingerprint density at radius 3 is 2.70 bits per heavy atom. The molecule has 1 aliphatic rings. The first-order valence-electron chi connectivity index (χ1n) is 6.94. The molecule has 0 saturated carbocycles. The molecule has 1 N–H and O–H groups in total. The van der Waals surface area contributed by atoms with Crippen molar-refractivity contribution in [3.63, 3.8) is 0 Å². The van der Waals surface area contributed by atoms with Gasteiger partial charge < -0.3 is 14.9 Å². The second kappa shape index (κ2) is 6.85. The molecule has 0 atom stereocenters. The number of anilines is 1. The average molecular weight is 295 g/mol. The zero-order valence-electron chi connectivity index (χ0n) is 12.0. The standard InChI is InChI=1S/C14H21N3O2S/c1-3-4-11-12(5-6-13(18)19)20-14(15-11)17-9-7-16(2)8-10-17/h5-6H,3-4,7-10H2,1-2H3,(H,18,19)/b6-5+. The summed E-state index contributed by atoms with van der Waals surface area (Å²) in [5, 5.41) is 9.78. The molecule has 0 aromatic carbocycles. The number of rotatable bonds is 5. The van der Waals surface area contributed by atoms with E-state index in [1.807, 2.05) is 0 Å². The lowest BCUT2D eigenvalue weighted by Crippen LogP contribution is -2.44. The first kappa shape index (κ1) is 15.0. The fourth-order valence-corrected chi connectivity index (χ4v) is 3.24. The maximum absolute atomic E-state index is 10.7. The minimum Gasteiger partial charge on any atom is -0.478 e. The Balaban J connectivity index is 2.17. The summed E-state index contributed by atoms with van der Waals surface area (Å²) in [6, 6.07) is 0. The number of piperazine rings is 1. The summed E-state index contributed by atoms with van der Waals surface area (Å²) in [7, 11) is 2.13. The van der Waals surface area contributed by atoms with Gasteiger partial charge in [-0.3, -0.25) is 0 Å². The molecule has 2 rings (SSSR count). The number of aromatic nitrogens is 1. The average Bonchev–Trinajstić information content (AvgIpc) is 2.81. The largest absolute Gasteiger partial charge is 0.478 e. The first-order valence-corrected chi connectivity index (χ1v) is 7.76. The fraction of sp³-hybridized carbons (Fsp3) is 0.571. The maximum Gasteiger partial charge on any atom is 0.328 e. The second-order valence-electron chi connectivity index (χ2n) is 5.02. The summed E-state index contributed by atoms with van der Waals surface area (Å²) >= 11 is 1.60. The zero-order valence-corrected chi connectivity index (χ0v) is 12.8. The molecule has 1 aromatic rings. The highest BCUT2D eigenvalue weighted by Gasteiger charge is 2.19. The summed E-state index contributed by atoms with van der Waals surface area (Å²) in [6.07, 6.45) is 4.77. The van der Waals surface area contributed by atoms with E-state index < -0.39 is 5.97 Å². The molecule has 1 fully saturated rings. The molecule has 0 unspecified atom stereocenters. The first-order chi connectivity index (χ1) is 9.60. The highest BCUT2D eigenvalue weighted by Crippen LogP contribution is 2.29. The van der Waals surface area contributed by atoms with Crippen LogP contribution >= 0.6 is 11.3 Å². The third-order valence-corrected chi connectivity index (χ3v) is 4.48. The van der Waals surface area contributed by atoms with Crippen molar-refractivity contribution >= 4 is 28.5 Å². The van der Waals surface area contributed by atoms with Gasteiger partial charge in [-0.15, -0.1) is 0 Å². The number of carboxylic acid groups (broad SMARTS) is 1. The van der Waals surface area contributed by atoms with Crippen molar-refractivity contribution in [1.82, 2.24) is 9.88 Å². The van der Waals surface area contributed by atoms with Crippen LogP contribution < -0.4 is 4.90 Å². The third-order valence-electron chi connectivity index (χ3n) is 3.35. The van der Waals surface area contributed by atoms with E-state index in [2.05, 4.69) is 23.8 Å². The summed E-state index contributed by atoms with van der Waals surface area (Å²) in [4.78, 5) is 21.0. The van der Waals surface area contributed by atoms with Gasteiger partial charge in [-0.25, -0.2) is 9.78 Å². The molecule has 6 heteroatoms. The monoisotopic (exact) mass is 295 g/mol. The molecule has 5 nitrogen and oxygen atoms in total. The minimum absolute atomic E-state index is 0.892. The van der Waals surface area contributed by atoms with E-state index >= 15 is 0 Å². The van der Waals surface area contributed by atoms with Crippen molar-refractivity contribution in [1.29, 1.82) is 0 Å². The maximum atomic E-state index is 10.7. The Hall–Kier alpha value is -1.40. The Labute approximate surface area is 123 Å². The summed E-state index contributed by atoms with van der Waals surface area (Å²) in [6.45, 7) is 6.17. The van der Waals surface area contributed by atoms with Crippen molar-refractivity contribution in [2.75, 3.05) is 38.1 Å². The number of thiazole rings is 1. The van der Waals surface area contributed by atoms with Crippen LogP contribution in [0.2, 0.25) is 0 Å². The van der Waals surface area contributed by atoms with Crippen LogP contribution in [0.15, 0.2) is 6.08 Å². The Bertz CT molecular complexity index is 491. The van der Waals surface area contributed by atoms with Crippen LogP contribution in [0.4, 0.5) is 5.13 Å². The van der Waals surface area contributed by atoms with E-state index in [1.54, 1.807) is 17.4 Å². The van der Waals surface area contributed by atoms with Crippen LogP contribution in [0.3, 0.4) is 0 Å². The van der Waals surface area contributed by atoms with Crippen molar-refractivity contribution < 1.29 is 9.90 Å². The van der Waals surface area contributed by atoms with Gasteiger partial charge in [0, 0.05) is 32.3 Å². The number of likely N-dealkylation sites (N-methyl/N-ethyl adjacent to an activating group) is 1. The lowest BCUT2D eigenvalue weighted by molar-refractivity contribution is -0.131. The quantitative estimate of drug-likeness (QED) is 0.841. The van der Waals surface area contributed by atoms with Crippen molar-refractivity contribution in [2.45, 2.75) is 19.8 Å². The van der Waals surface area contributed by atoms with Crippen LogP contribution in [-0.4, -0.2) is 54.2 Å². The van der Waals surface area contributed by atoms with Gasteiger partial charge in [0.15, 0.2) is 5.13 Å². The molecular formula is C14H21N3O2S. The van der Waals surface area contributed by atoms with Gasteiger partial charge in [0.2, 0.25) is 0 Å². The minimum atomic E-state index is -0.915. The molecule has 1 saturated heterocycles. The van der Waals surface area contributed by atoms with E-state index in [1.165, 1.54) is 6.08 Å². The van der Waals surface area contributed by atoms with Crippen LogP contribution in [0, 0.1) is 0 Å². The molecule has 0 radical (unpaired) electrons. The summed E-state index contributed by atoms with van der Waals surface area (Å²) in [5.41, 5.74) is 1.02. The number of hydrogen-bond acceptors (Lipinski definition) is 5. The summed E-state index contributed by atoms with van der Waals surface area (Å²) in [5.74, 6) is -0.915. The van der Waals surface area contributed by atoms with E-state index in [0.717, 1.165) is 54.7 Å². The number of aliphatic carboxylic acids is 1. The number of carbonyl (C=O) groups is 1. The molecule has 1 aliphatic heterocycles. The van der Waals surface area contributed by atoms with Crippen LogP contribution in [-0.2, 0) is 11.2 Å². The predicted octanol–water partition coefficient (Wildman–Crippen LogP) is 1.95. The van der Waals surface area contributed by atoms with Gasteiger partial charge >= 0.3 is 5.97 Å². The lowest BCUT2D eigenvalue weighted by Gasteiger charge is -2.32. The number of aryl methyl sites for hydroxylation is 1. The van der Waals surface area contributed by atoms with Crippen LogP contribution in [0.25, 0.3) is 6.08 Å². The van der Waals surface area contributed by atoms with E-state index in [9.17, 15) is 4.79 Å². The molecule has 0 aliphatic carbocycles. The van der Waals surface area contributed by atoms with Crippen molar-refractivity contribution in [2.24, 2.45) is 0 Å². The molecular weight excluding hydrogens is 274 g/mol. The molecule has 2 heterocycles. The molecule has 0 amide bonds. The number of hydrogen-bond donors (Lipinski definition) is 1. The predicted molar refractivity (Wildman–Crippen MR) is 82.5 cm³/mol. The summed E-state index contributed by atoms with van der Waals surface area (Å²) < 4.78 is 0. The Morgan fingerprint density at radius 2 is 2.10 bits per heavy atom. The van der Waals surface area contributed by atoms with Crippen LogP contribution in [0.1, 0.15) is 23.9 Å². The Kier molecular flexibility index (Phi) is 5.14. The smallest absolute Gasteiger partial charge is 0.328 e. The van der Waals surface area contributed by atoms with Crippen LogP contribution in [0.5, 0.6) is 0 Å². The van der Waals surface area contributed by atoms with Gasteiger partial charge in [-0.1, -0.05) is 24.7 Å². The van der Waals surface area contributed by atoms with E-state index in [0.29, 0.717) is 0 Å². The normalized spacial score (nSPS) is 17.0. The van der Waals surface area contributed by atoms with Gasteiger partial charge in [0.1, 0.15) is 0 Å². The molecule has 1 aromatic heterocycles. The molecule has 110 valence electrons. The topological polar surface area (TPSA) is 56.7 Å². The third kappa shape index (κ3) is 3.80. The van der Waals surface area contributed by atoms with E-state index in [4.69, 9.17) is 10.1 Å². The van der Waals surface area contributed by atoms with Gasteiger partial charge in [-0.05, 0) is 19.5 Å². The molecule has 20 heavy (non-hydrogen) atoms. The lowest BCUT2D eigenvalue weighted by atomic mass is 10.2. The van der Waals surface area contributed by atoms with Gasteiger partial charge in [0.05, 0.1) is 10.6 Å². The van der Waals surface area contributed by atoms with Crippen molar-refractivity contribution in [3.05, 3.63) is 16.6 Å². The number of nitrogens with zero attached hydrogens (tertiary/aromatic N) is 3. The second-order valence-corrected chi connectivity index (χ2v) is 6.03. The van der Waals surface area contributed by atoms with E-state index in [-0.39, 0.29) is 0 Å². The highest BCUT2D eigenvalue weighted by atomic mass is 32.1. The highest BCUT2D eigenvalue weighted by molar-refractivity contribution is 7.16. The zero-order chi connectivity index (χ0) is 14.5. The molecule has 0 bridgehead atoms. The van der Waals surface area contributed by atoms with Gasteiger partial charge in [0.25, 0.3) is 0 Å². The fourth-order valence-electron chi connectivity index (χ4n) is 2.18. The Morgan fingerprint density at radius 1 is 1.40 bits per heavy atom. The SMILES string of the molecule is CCCc1nc(N2CCN(C)CC2)sc1/C=C/C(=O)O. The van der Waals surface area contributed by atoms with Crippen molar-refractivity contribution in [3.8, 4) is 0 Å². The number of carboxylic acids is 1. The van der Waals surface area contributed by atoms with Gasteiger partial charge in [-0.2, -0.15) is 0 Å².